The molecule has 2 nitrogen and oxygen atoms in total. The van der Waals surface area contributed by atoms with Crippen molar-refractivity contribution < 1.29 is 0 Å². The van der Waals surface area contributed by atoms with Crippen LogP contribution in [0.25, 0.3) is 0 Å². The van der Waals surface area contributed by atoms with Crippen molar-refractivity contribution in [3.63, 3.8) is 0 Å². The molecule has 1 atom stereocenters. The Morgan fingerprint density at radius 1 is 1.50 bits per heavy atom. The molecular formula is C11H20N2S. The van der Waals surface area contributed by atoms with Crippen LogP contribution < -0.4 is 5.32 Å². The van der Waals surface area contributed by atoms with Crippen molar-refractivity contribution in [3.8, 4) is 0 Å². The molecule has 1 unspecified atom stereocenters. The zero-order valence-electron chi connectivity index (χ0n) is 9.34. The van der Waals surface area contributed by atoms with Crippen LogP contribution >= 0.6 is 11.3 Å². The molecule has 1 rings (SSSR count). The third-order valence-electron chi connectivity index (χ3n) is 2.39. The van der Waals surface area contributed by atoms with Gasteiger partial charge in [0, 0.05) is 17.8 Å². The van der Waals surface area contributed by atoms with Gasteiger partial charge in [0.05, 0.1) is 10.7 Å². The zero-order chi connectivity index (χ0) is 10.4. The highest BCUT2D eigenvalue weighted by Gasteiger charge is 2.11. The van der Waals surface area contributed by atoms with E-state index in [0.29, 0.717) is 5.92 Å². The summed E-state index contributed by atoms with van der Waals surface area (Å²) in [7, 11) is 2.00. The van der Waals surface area contributed by atoms with Crippen LogP contribution in [0, 0.1) is 0 Å². The highest BCUT2D eigenvalue weighted by Crippen LogP contribution is 2.21. The fourth-order valence-corrected chi connectivity index (χ4v) is 2.53. The van der Waals surface area contributed by atoms with Gasteiger partial charge in [-0.25, -0.2) is 4.98 Å². The van der Waals surface area contributed by atoms with Gasteiger partial charge >= 0.3 is 0 Å². The fourth-order valence-electron chi connectivity index (χ4n) is 1.55. The normalized spacial score (nSPS) is 13.1. The predicted octanol–water partition coefficient (Wildman–Crippen LogP) is 2.81. The minimum atomic E-state index is 0.585. The fraction of sp³-hybridized carbons (Fsp3) is 0.727. The third kappa shape index (κ3) is 3.07. The van der Waals surface area contributed by atoms with Crippen molar-refractivity contribution in [2.75, 3.05) is 13.6 Å². The Labute approximate surface area is 90.8 Å². The highest BCUT2D eigenvalue weighted by atomic mass is 32.1. The number of nitrogens with zero attached hydrogens (tertiary/aromatic N) is 1. The standard InChI is InChI=1S/C11H20N2S/c1-4-6-11-13-10(8-14-11)9(5-2)7-12-3/h8-9,12H,4-7H2,1-3H3. The summed E-state index contributed by atoms with van der Waals surface area (Å²) in [5.41, 5.74) is 1.27. The largest absolute Gasteiger partial charge is 0.319 e. The summed E-state index contributed by atoms with van der Waals surface area (Å²) in [6.45, 7) is 5.46. The lowest BCUT2D eigenvalue weighted by molar-refractivity contribution is 0.598. The molecule has 0 spiro atoms. The minimum Gasteiger partial charge on any atom is -0.319 e. The Kier molecular flexibility index (Phi) is 5.12. The van der Waals surface area contributed by atoms with Crippen molar-refractivity contribution in [3.05, 3.63) is 16.1 Å². The van der Waals surface area contributed by atoms with Gasteiger partial charge in [0.1, 0.15) is 0 Å². The van der Waals surface area contributed by atoms with Gasteiger partial charge in [-0.3, -0.25) is 0 Å². The molecule has 0 bridgehead atoms. The van der Waals surface area contributed by atoms with Crippen LogP contribution in [0.4, 0.5) is 0 Å². The predicted molar refractivity (Wildman–Crippen MR) is 63.1 cm³/mol. The van der Waals surface area contributed by atoms with Gasteiger partial charge in [-0.1, -0.05) is 13.8 Å². The summed E-state index contributed by atoms with van der Waals surface area (Å²) >= 11 is 1.80. The van der Waals surface area contributed by atoms with Gasteiger partial charge < -0.3 is 5.32 Å². The van der Waals surface area contributed by atoms with Crippen LogP contribution in [0.15, 0.2) is 5.38 Å². The minimum absolute atomic E-state index is 0.585. The van der Waals surface area contributed by atoms with Gasteiger partial charge in [0.15, 0.2) is 0 Å². The summed E-state index contributed by atoms with van der Waals surface area (Å²) in [6, 6.07) is 0. The number of likely N-dealkylation sites (N-methyl/N-ethyl adjacent to an activating group) is 1. The van der Waals surface area contributed by atoms with E-state index in [2.05, 4.69) is 29.5 Å². The number of nitrogens with one attached hydrogen (secondary N) is 1. The lowest BCUT2D eigenvalue weighted by Crippen LogP contribution is -2.16. The first-order valence-electron chi connectivity index (χ1n) is 5.40. The van der Waals surface area contributed by atoms with E-state index in [4.69, 9.17) is 0 Å². The van der Waals surface area contributed by atoms with Crippen molar-refractivity contribution in [2.45, 2.75) is 39.0 Å². The van der Waals surface area contributed by atoms with Crippen LogP contribution in [-0.2, 0) is 6.42 Å². The average molecular weight is 212 g/mol. The number of hydrogen-bond donors (Lipinski definition) is 1. The second-order valence-corrected chi connectivity index (χ2v) is 4.52. The van der Waals surface area contributed by atoms with Crippen molar-refractivity contribution >= 4 is 11.3 Å². The van der Waals surface area contributed by atoms with Gasteiger partial charge in [-0.05, 0) is 26.3 Å². The van der Waals surface area contributed by atoms with E-state index >= 15 is 0 Å². The van der Waals surface area contributed by atoms with E-state index in [1.54, 1.807) is 11.3 Å². The monoisotopic (exact) mass is 212 g/mol. The molecule has 3 heteroatoms. The molecule has 80 valence electrons. The quantitative estimate of drug-likeness (QED) is 0.784. The van der Waals surface area contributed by atoms with E-state index < -0.39 is 0 Å². The summed E-state index contributed by atoms with van der Waals surface area (Å²) in [5, 5.41) is 6.73. The number of thiazole rings is 1. The van der Waals surface area contributed by atoms with E-state index in [1.165, 1.54) is 17.1 Å². The van der Waals surface area contributed by atoms with Crippen LogP contribution in [0.3, 0.4) is 0 Å². The lowest BCUT2D eigenvalue weighted by atomic mass is 10.0. The molecule has 0 saturated heterocycles. The molecule has 0 aliphatic carbocycles. The smallest absolute Gasteiger partial charge is 0.0928 e. The molecule has 0 aliphatic heterocycles. The molecule has 0 amide bonds. The van der Waals surface area contributed by atoms with Gasteiger partial charge in [-0.15, -0.1) is 11.3 Å². The van der Waals surface area contributed by atoms with Crippen LogP contribution in [0.5, 0.6) is 0 Å². The van der Waals surface area contributed by atoms with Crippen molar-refractivity contribution in [2.24, 2.45) is 0 Å². The Balaban J connectivity index is 2.63. The third-order valence-corrected chi connectivity index (χ3v) is 3.32. The number of aryl methyl sites for hydroxylation is 1. The molecule has 0 fully saturated rings. The summed E-state index contributed by atoms with van der Waals surface area (Å²) < 4.78 is 0. The molecule has 1 aromatic heterocycles. The number of rotatable bonds is 6. The maximum absolute atomic E-state index is 4.67. The van der Waals surface area contributed by atoms with Crippen LogP contribution in [0.1, 0.15) is 43.3 Å². The second kappa shape index (κ2) is 6.14. The van der Waals surface area contributed by atoms with Gasteiger partial charge in [-0.2, -0.15) is 0 Å². The number of hydrogen-bond acceptors (Lipinski definition) is 3. The maximum Gasteiger partial charge on any atom is 0.0928 e. The van der Waals surface area contributed by atoms with Crippen molar-refractivity contribution in [1.82, 2.24) is 10.3 Å². The first kappa shape index (κ1) is 11.7. The highest BCUT2D eigenvalue weighted by molar-refractivity contribution is 7.09. The molecule has 0 aromatic carbocycles. The Morgan fingerprint density at radius 2 is 2.29 bits per heavy atom. The zero-order valence-corrected chi connectivity index (χ0v) is 10.2. The molecule has 1 aromatic rings. The number of aromatic nitrogens is 1. The van der Waals surface area contributed by atoms with E-state index in [0.717, 1.165) is 19.4 Å². The van der Waals surface area contributed by atoms with Crippen LogP contribution in [-0.4, -0.2) is 18.6 Å². The second-order valence-electron chi connectivity index (χ2n) is 3.58. The average Bonchev–Trinajstić information content (AvgIpc) is 2.63. The van der Waals surface area contributed by atoms with E-state index in [9.17, 15) is 0 Å². The van der Waals surface area contributed by atoms with Gasteiger partial charge in [0.25, 0.3) is 0 Å². The first-order chi connectivity index (χ1) is 6.81. The Bertz CT molecular complexity index is 258. The SMILES string of the molecule is CCCc1nc(C(CC)CNC)cs1. The molecule has 14 heavy (non-hydrogen) atoms. The molecule has 1 N–H and O–H groups in total. The maximum atomic E-state index is 4.67. The first-order valence-corrected chi connectivity index (χ1v) is 6.28. The van der Waals surface area contributed by atoms with E-state index in [-0.39, 0.29) is 0 Å². The molecule has 0 aliphatic rings. The van der Waals surface area contributed by atoms with Crippen molar-refractivity contribution in [1.29, 1.82) is 0 Å². The summed E-state index contributed by atoms with van der Waals surface area (Å²) in [5.74, 6) is 0.585. The van der Waals surface area contributed by atoms with E-state index in [1.807, 2.05) is 7.05 Å². The van der Waals surface area contributed by atoms with Crippen LogP contribution in [0.2, 0.25) is 0 Å². The molecule has 1 heterocycles. The summed E-state index contributed by atoms with van der Waals surface area (Å²) in [4.78, 5) is 4.67. The Morgan fingerprint density at radius 3 is 2.86 bits per heavy atom. The topological polar surface area (TPSA) is 24.9 Å². The molecular weight excluding hydrogens is 192 g/mol. The molecule has 0 radical (unpaired) electrons. The van der Waals surface area contributed by atoms with Gasteiger partial charge in [0.2, 0.25) is 0 Å². The molecule has 0 saturated carbocycles. The summed E-state index contributed by atoms with van der Waals surface area (Å²) in [6.07, 6.45) is 3.48. The Hall–Kier alpha value is -0.410. The lowest BCUT2D eigenvalue weighted by Gasteiger charge is -2.10.